The number of carbonyl (C=O) groups excluding carboxylic acids is 1. The van der Waals surface area contributed by atoms with Crippen molar-refractivity contribution in [1.82, 2.24) is 20.2 Å². The van der Waals surface area contributed by atoms with E-state index in [-0.39, 0.29) is 11.5 Å². The van der Waals surface area contributed by atoms with Crippen LogP contribution in [0.3, 0.4) is 0 Å². The van der Waals surface area contributed by atoms with Crippen molar-refractivity contribution in [3.05, 3.63) is 59.2 Å². The van der Waals surface area contributed by atoms with Crippen LogP contribution in [0, 0.1) is 0 Å². The number of rotatable bonds is 3. The highest BCUT2D eigenvalue weighted by Crippen LogP contribution is 2.44. The Bertz CT molecular complexity index is 1020. The number of nitrogens with one attached hydrogen (secondary N) is 1. The number of fused-ring (bicyclic) bond motifs is 1. The summed E-state index contributed by atoms with van der Waals surface area (Å²) >= 11 is 0. The summed E-state index contributed by atoms with van der Waals surface area (Å²) in [6, 6.07) is 14.0. The van der Waals surface area contributed by atoms with Crippen LogP contribution in [0.15, 0.2) is 42.5 Å². The van der Waals surface area contributed by atoms with Gasteiger partial charge in [0.25, 0.3) is 0 Å². The van der Waals surface area contributed by atoms with E-state index in [1.807, 2.05) is 31.3 Å². The highest BCUT2D eigenvalue weighted by atomic mass is 16.1. The lowest BCUT2D eigenvalue weighted by Gasteiger charge is -2.39. The molecule has 3 aromatic rings. The first kappa shape index (κ1) is 17.2. The average molecular weight is 362 g/mol. The van der Waals surface area contributed by atoms with Crippen molar-refractivity contribution in [1.29, 1.82) is 0 Å². The van der Waals surface area contributed by atoms with Gasteiger partial charge in [0.2, 0.25) is 5.91 Å². The Morgan fingerprint density at radius 3 is 2.78 bits per heavy atom. The van der Waals surface area contributed by atoms with E-state index < -0.39 is 5.91 Å². The molecule has 1 unspecified atom stereocenters. The predicted molar refractivity (Wildman–Crippen MR) is 103 cm³/mol. The summed E-state index contributed by atoms with van der Waals surface area (Å²) in [7, 11) is 1.83. The Kier molecular flexibility index (Phi) is 3.95. The number of primary amides is 1. The second-order valence-electron chi connectivity index (χ2n) is 7.66. The molecule has 0 spiro atoms. The van der Waals surface area contributed by atoms with Gasteiger partial charge in [-0.1, -0.05) is 32.0 Å². The van der Waals surface area contributed by atoms with Crippen LogP contribution in [-0.2, 0) is 12.5 Å². The molecule has 1 amide bonds. The largest absolute Gasteiger partial charge is 0.378 e. The van der Waals surface area contributed by atoms with Gasteiger partial charge in [0, 0.05) is 23.9 Å². The molecular weight excluding hydrogens is 340 g/mol. The zero-order valence-electron chi connectivity index (χ0n) is 15.6. The molecule has 4 rings (SSSR count). The van der Waals surface area contributed by atoms with Crippen LogP contribution in [0.5, 0.6) is 0 Å². The van der Waals surface area contributed by atoms with Crippen LogP contribution in [0.2, 0.25) is 0 Å². The smallest absolute Gasteiger partial charge is 0.248 e. The van der Waals surface area contributed by atoms with Crippen LogP contribution < -0.4 is 11.1 Å². The van der Waals surface area contributed by atoms with Gasteiger partial charge in [-0.15, -0.1) is 5.10 Å². The number of aromatic nitrogens is 4. The van der Waals surface area contributed by atoms with E-state index in [9.17, 15) is 4.79 Å². The van der Waals surface area contributed by atoms with E-state index in [1.165, 1.54) is 5.56 Å². The van der Waals surface area contributed by atoms with Crippen molar-refractivity contribution in [3.8, 4) is 11.4 Å². The summed E-state index contributed by atoms with van der Waals surface area (Å²) in [6.07, 6.45) is 0.892. The second-order valence-corrected chi connectivity index (χ2v) is 7.66. The Balaban J connectivity index is 1.71. The molecule has 2 heterocycles. The molecule has 3 N–H and O–H groups in total. The normalized spacial score (nSPS) is 17.8. The number of tetrazole rings is 1. The highest BCUT2D eigenvalue weighted by Gasteiger charge is 2.34. The molecule has 27 heavy (non-hydrogen) atoms. The molecule has 0 radical (unpaired) electrons. The fraction of sp³-hybridized carbons (Fsp3) is 0.300. The molecule has 0 saturated carbocycles. The zero-order chi connectivity index (χ0) is 19.2. The second kappa shape index (κ2) is 6.19. The molecule has 2 aromatic carbocycles. The molecule has 1 aromatic heterocycles. The maximum Gasteiger partial charge on any atom is 0.248 e. The molecule has 7 nitrogen and oxygen atoms in total. The number of carbonyl (C=O) groups is 1. The summed E-state index contributed by atoms with van der Waals surface area (Å²) in [5.41, 5.74) is 10.2. The highest BCUT2D eigenvalue weighted by molar-refractivity contribution is 5.93. The molecule has 138 valence electrons. The average Bonchev–Trinajstić information content (AvgIpc) is 3.07. The van der Waals surface area contributed by atoms with Crippen molar-refractivity contribution in [3.63, 3.8) is 0 Å². The van der Waals surface area contributed by atoms with Crippen LogP contribution in [-0.4, -0.2) is 26.1 Å². The van der Waals surface area contributed by atoms with Gasteiger partial charge in [-0.05, 0) is 57.7 Å². The predicted octanol–water partition coefficient (Wildman–Crippen LogP) is 2.81. The van der Waals surface area contributed by atoms with Crippen molar-refractivity contribution in [2.24, 2.45) is 12.8 Å². The first-order valence-corrected chi connectivity index (χ1v) is 8.89. The summed E-state index contributed by atoms with van der Waals surface area (Å²) in [4.78, 5) is 11.5. The third-order valence-electron chi connectivity index (χ3n) is 5.24. The lowest BCUT2D eigenvalue weighted by molar-refractivity contribution is 0.1000. The number of benzene rings is 2. The number of hydrogen-bond acceptors (Lipinski definition) is 5. The van der Waals surface area contributed by atoms with Crippen LogP contribution in [0.4, 0.5) is 5.69 Å². The summed E-state index contributed by atoms with van der Waals surface area (Å²) in [5, 5.41) is 15.4. The molecule has 7 heteroatoms. The number of nitrogens with two attached hydrogens (primary N) is 1. The summed E-state index contributed by atoms with van der Waals surface area (Å²) in [6.45, 7) is 4.39. The minimum Gasteiger partial charge on any atom is -0.378 e. The Morgan fingerprint density at radius 2 is 2.07 bits per heavy atom. The number of nitrogens with zero attached hydrogens (tertiary/aromatic N) is 4. The van der Waals surface area contributed by atoms with Crippen LogP contribution in [0.25, 0.3) is 11.4 Å². The first-order chi connectivity index (χ1) is 12.8. The molecule has 0 saturated heterocycles. The van der Waals surface area contributed by atoms with Gasteiger partial charge in [-0.3, -0.25) is 4.79 Å². The number of aryl methyl sites for hydroxylation is 1. The molecule has 1 atom stereocenters. The maximum atomic E-state index is 11.5. The van der Waals surface area contributed by atoms with Crippen LogP contribution >= 0.6 is 0 Å². The Labute approximate surface area is 157 Å². The topological polar surface area (TPSA) is 98.7 Å². The summed E-state index contributed by atoms with van der Waals surface area (Å²) < 4.78 is 1.66. The zero-order valence-corrected chi connectivity index (χ0v) is 15.6. The third-order valence-corrected chi connectivity index (χ3v) is 5.24. The quantitative estimate of drug-likeness (QED) is 0.746. The lowest BCUT2D eigenvalue weighted by atomic mass is 9.73. The first-order valence-electron chi connectivity index (χ1n) is 8.89. The fourth-order valence-corrected chi connectivity index (χ4v) is 3.81. The lowest BCUT2D eigenvalue weighted by Crippen LogP contribution is -2.31. The van der Waals surface area contributed by atoms with E-state index in [0.29, 0.717) is 5.56 Å². The van der Waals surface area contributed by atoms with Crippen molar-refractivity contribution in [2.75, 3.05) is 5.32 Å². The number of amides is 1. The molecule has 0 aliphatic carbocycles. The number of anilines is 1. The van der Waals surface area contributed by atoms with E-state index in [0.717, 1.165) is 29.1 Å². The van der Waals surface area contributed by atoms with Crippen molar-refractivity contribution < 1.29 is 4.79 Å². The van der Waals surface area contributed by atoms with E-state index in [4.69, 9.17) is 5.73 Å². The van der Waals surface area contributed by atoms with Gasteiger partial charge in [0.15, 0.2) is 5.82 Å². The summed E-state index contributed by atoms with van der Waals surface area (Å²) in [5.74, 6) is 0.333. The Hall–Kier alpha value is -3.22. The monoisotopic (exact) mass is 362 g/mol. The van der Waals surface area contributed by atoms with Gasteiger partial charge in [0.1, 0.15) is 0 Å². The van der Waals surface area contributed by atoms with Crippen molar-refractivity contribution in [2.45, 2.75) is 31.7 Å². The van der Waals surface area contributed by atoms with E-state index in [1.54, 1.807) is 10.7 Å². The van der Waals surface area contributed by atoms with Crippen LogP contribution in [0.1, 0.15) is 47.8 Å². The molecule has 0 bridgehead atoms. The minimum absolute atomic E-state index is 0.0982. The maximum absolute atomic E-state index is 11.5. The third kappa shape index (κ3) is 3.05. The van der Waals surface area contributed by atoms with E-state index in [2.05, 4.69) is 46.8 Å². The van der Waals surface area contributed by atoms with E-state index >= 15 is 0 Å². The van der Waals surface area contributed by atoms with Gasteiger partial charge in [-0.2, -0.15) is 0 Å². The molecule has 1 aliphatic heterocycles. The standard InChI is InChI=1S/C20H22N6O/c1-20(2)11-17(22-16-8-7-13(18(21)27)10-15(16)20)12-5-4-6-14(9-12)19-23-24-25-26(19)3/h4-10,17,22H,11H2,1-3H3,(H2,21,27). The minimum atomic E-state index is -0.402. The number of hydrogen-bond donors (Lipinski definition) is 2. The molecule has 1 aliphatic rings. The van der Waals surface area contributed by atoms with Gasteiger partial charge in [-0.25, -0.2) is 4.68 Å². The van der Waals surface area contributed by atoms with Gasteiger partial charge < -0.3 is 11.1 Å². The van der Waals surface area contributed by atoms with Gasteiger partial charge >= 0.3 is 0 Å². The van der Waals surface area contributed by atoms with Gasteiger partial charge in [0.05, 0.1) is 6.04 Å². The molecule has 0 fully saturated rings. The molecular formula is C20H22N6O. The fourth-order valence-electron chi connectivity index (χ4n) is 3.81. The Morgan fingerprint density at radius 1 is 1.26 bits per heavy atom. The SMILES string of the molecule is Cn1nnnc1-c1cccc(C2CC(C)(C)c3cc(C(N)=O)ccc3N2)c1. The van der Waals surface area contributed by atoms with Crippen molar-refractivity contribution >= 4 is 11.6 Å².